The van der Waals surface area contributed by atoms with Crippen LogP contribution in [0, 0.1) is 13.8 Å². The van der Waals surface area contributed by atoms with Gasteiger partial charge in [-0.2, -0.15) is 0 Å². The van der Waals surface area contributed by atoms with Crippen LogP contribution in [-0.4, -0.2) is 32.4 Å². The summed E-state index contributed by atoms with van der Waals surface area (Å²) in [7, 11) is 0. The zero-order valence-electron chi connectivity index (χ0n) is 18.6. The highest BCUT2D eigenvalue weighted by Crippen LogP contribution is 2.33. The van der Waals surface area contributed by atoms with E-state index in [1.165, 1.54) is 30.0 Å². The molecule has 0 atom stereocenters. The summed E-state index contributed by atoms with van der Waals surface area (Å²) < 4.78 is 0. The quantitative estimate of drug-likeness (QED) is 0.278. The van der Waals surface area contributed by atoms with Crippen molar-refractivity contribution in [2.24, 2.45) is 0 Å². The Morgan fingerprint density at radius 1 is 1.06 bits per heavy atom. The van der Waals surface area contributed by atoms with Crippen LogP contribution in [0.15, 0.2) is 35.4 Å². The first-order valence-electron chi connectivity index (χ1n) is 10.7. The molecule has 0 saturated carbocycles. The number of thioether (sulfide) groups is 1. The molecule has 0 spiro atoms. The van der Waals surface area contributed by atoms with Crippen LogP contribution < -0.4 is 4.90 Å². The lowest BCUT2D eigenvalue weighted by molar-refractivity contribution is -0.116. The van der Waals surface area contributed by atoms with Crippen LogP contribution in [0.25, 0.3) is 0 Å². The number of carbonyl (C=O) groups excluding carboxylic acids is 2. The minimum atomic E-state index is -0.0915. The fourth-order valence-electron chi connectivity index (χ4n) is 3.88. The summed E-state index contributed by atoms with van der Waals surface area (Å²) in [6.45, 7) is 5.58. The zero-order valence-corrected chi connectivity index (χ0v) is 20.2. The van der Waals surface area contributed by atoms with E-state index >= 15 is 0 Å². The fraction of sp³-hybridized carbons (Fsp3) is 0.375. The summed E-state index contributed by atoms with van der Waals surface area (Å²) in [6.07, 6.45) is 4.35. The van der Waals surface area contributed by atoms with Crippen LogP contribution in [0.4, 0.5) is 5.13 Å². The van der Waals surface area contributed by atoms with E-state index in [0.717, 1.165) is 35.7 Å². The monoisotopic (exact) mass is 466 g/mol. The smallest absolute Gasteiger partial charge is 0.239 e. The number of benzene rings is 1. The maximum absolute atomic E-state index is 13.4. The van der Waals surface area contributed by atoms with Gasteiger partial charge in [-0.15, -0.1) is 11.3 Å². The van der Waals surface area contributed by atoms with Crippen molar-refractivity contribution >= 4 is 39.9 Å². The van der Waals surface area contributed by atoms with Crippen molar-refractivity contribution in [3.63, 3.8) is 0 Å². The van der Waals surface area contributed by atoms with Crippen LogP contribution in [0.1, 0.15) is 57.8 Å². The molecule has 4 rings (SSSR count). The van der Waals surface area contributed by atoms with Crippen LogP contribution in [-0.2, 0) is 24.2 Å². The molecule has 32 heavy (non-hydrogen) atoms. The number of hydrogen-bond acceptors (Lipinski definition) is 7. The summed E-state index contributed by atoms with van der Waals surface area (Å²) in [5.41, 5.74) is 3.33. The Hall–Kier alpha value is -2.58. The molecule has 0 N–H and O–H groups in total. The molecule has 3 aromatic rings. The minimum Gasteiger partial charge on any atom is -0.294 e. The van der Waals surface area contributed by atoms with Gasteiger partial charge in [0, 0.05) is 4.88 Å². The average molecular weight is 467 g/mol. The van der Waals surface area contributed by atoms with Crippen LogP contribution >= 0.6 is 23.1 Å². The van der Waals surface area contributed by atoms with Gasteiger partial charge in [-0.05, 0) is 52.0 Å². The van der Waals surface area contributed by atoms with Crippen molar-refractivity contribution in [3.8, 4) is 0 Å². The van der Waals surface area contributed by atoms with E-state index in [4.69, 9.17) is 4.98 Å². The van der Waals surface area contributed by atoms with E-state index in [1.54, 1.807) is 30.1 Å². The average Bonchev–Trinajstić information content (AvgIpc) is 3.19. The highest BCUT2D eigenvalue weighted by molar-refractivity contribution is 8.00. The Labute approximate surface area is 196 Å². The van der Waals surface area contributed by atoms with Crippen molar-refractivity contribution in [2.45, 2.75) is 58.0 Å². The summed E-state index contributed by atoms with van der Waals surface area (Å²) >= 11 is 2.92. The summed E-state index contributed by atoms with van der Waals surface area (Å²) in [5.74, 6) is 0.628. The lowest BCUT2D eigenvalue weighted by atomic mass is 10.0. The van der Waals surface area contributed by atoms with Gasteiger partial charge in [0.1, 0.15) is 10.9 Å². The molecular weight excluding hydrogens is 440 g/mol. The third kappa shape index (κ3) is 5.07. The van der Waals surface area contributed by atoms with Gasteiger partial charge in [0.2, 0.25) is 5.91 Å². The molecule has 1 aliphatic carbocycles. The van der Waals surface area contributed by atoms with Crippen molar-refractivity contribution in [1.82, 2.24) is 15.0 Å². The van der Waals surface area contributed by atoms with Gasteiger partial charge < -0.3 is 0 Å². The number of fused-ring (bicyclic) bond motifs is 1. The van der Waals surface area contributed by atoms with Gasteiger partial charge in [-0.3, -0.25) is 14.5 Å². The molecule has 0 saturated heterocycles. The number of ketones is 1. The lowest BCUT2D eigenvalue weighted by Gasteiger charge is -2.20. The maximum atomic E-state index is 13.4. The highest BCUT2D eigenvalue weighted by Gasteiger charge is 2.25. The molecule has 1 aliphatic rings. The first-order chi connectivity index (χ1) is 15.4. The number of hydrogen-bond donors (Lipinski definition) is 0. The number of Topliss-reactive ketones (excluding diaryl/α,β-unsaturated/α-hetero) is 1. The van der Waals surface area contributed by atoms with E-state index in [1.807, 2.05) is 30.3 Å². The predicted molar refractivity (Wildman–Crippen MR) is 129 cm³/mol. The predicted octanol–water partition coefficient (Wildman–Crippen LogP) is 4.96. The molecule has 166 valence electrons. The molecular formula is C24H26N4O2S2. The Balaban J connectivity index is 1.60. The van der Waals surface area contributed by atoms with Gasteiger partial charge >= 0.3 is 0 Å². The largest absolute Gasteiger partial charge is 0.294 e. The van der Waals surface area contributed by atoms with E-state index in [-0.39, 0.29) is 17.4 Å². The second-order valence-corrected chi connectivity index (χ2v) is 9.95. The van der Waals surface area contributed by atoms with Gasteiger partial charge in [-0.25, -0.2) is 15.0 Å². The Morgan fingerprint density at radius 3 is 2.53 bits per heavy atom. The minimum absolute atomic E-state index is 0.0478. The number of anilines is 1. The fourth-order valence-corrected chi connectivity index (χ4v) is 6.09. The van der Waals surface area contributed by atoms with Gasteiger partial charge in [0.05, 0.1) is 29.2 Å². The number of carbonyl (C=O) groups is 2. The standard InChI is InChI=1S/C24H26N4O2S2/c1-15-22(16(2)29)23(26-17(3)25-15)31-14-21(30)28(13-18-9-5-4-6-10-18)24-27-19-11-7-8-12-20(19)32-24/h4-6,9-10H,7-8,11-14H2,1-3H3. The van der Waals surface area contributed by atoms with Crippen LogP contribution in [0.3, 0.4) is 0 Å². The second-order valence-electron chi connectivity index (χ2n) is 7.92. The summed E-state index contributed by atoms with van der Waals surface area (Å²) in [5, 5.41) is 1.32. The number of nitrogens with zero attached hydrogens (tertiary/aromatic N) is 4. The third-order valence-corrected chi connectivity index (χ3v) is 7.54. The summed E-state index contributed by atoms with van der Waals surface area (Å²) in [4.78, 5) is 42.2. The van der Waals surface area contributed by atoms with Crippen LogP contribution in [0.5, 0.6) is 0 Å². The van der Waals surface area contributed by atoms with Crippen molar-refractivity contribution < 1.29 is 9.59 Å². The van der Waals surface area contributed by atoms with E-state index in [0.29, 0.717) is 28.7 Å². The van der Waals surface area contributed by atoms with Crippen molar-refractivity contribution in [1.29, 1.82) is 0 Å². The Bertz CT molecular complexity index is 1120. The molecule has 0 fully saturated rings. The maximum Gasteiger partial charge on any atom is 0.239 e. The first-order valence-corrected chi connectivity index (χ1v) is 12.5. The third-order valence-electron chi connectivity index (χ3n) is 5.40. The molecule has 2 aromatic heterocycles. The summed E-state index contributed by atoms with van der Waals surface area (Å²) in [6, 6.07) is 9.96. The number of rotatable bonds is 7. The number of aromatic nitrogens is 3. The molecule has 0 radical (unpaired) electrons. The number of thiazole rings is 1. The SMILES string of the molecule is CC(=O)c1c(C)nc(C)nc1SCC(=O)N(Cc1ccccc1)c1nc2c(s1)CCCC2. The Morgan fingerprint density at radius 2 is 1.81 bits per heavy atom. The topological polar surface area (TPSA) is 76.1 Å². The Kier molecular flexibility index (Phi) is 7.01. The van der Waals surface area contributed by atoms with Gasteiger partial charge in [-0.1, -0.05) is 42.1 Å². The lowest BCUT2D eigenvalue weighted by Crippen LogP contribution is -2.32. The second kappa shape index (κ2) is 9.92. The van der Waals surface area contributed by atoms with Gasteiger partial charge in [0.25, 0.3) is 0 Å². The molecule has 0 unspecified atom stereocenters. The molecule has 2 heterocycles. The van der Waals surface area contributed by atoms with E-state index in [2.05, 4.69) is 9.97 Å². The van der Waals surface area contributed by atoms with E-state index in [9.17, 15) is 9.59 Å². The highest BCUT2D eigenvalue weighted by atomic mass is 32.2. The molecule has 0 aliphatic heterocycles. The van der Waals surface area contributed by atoms with Crippen molar-refractivity contribution in [2.75, 3.05) is 10.7 Å². The molecule has 1 amide bonds. The zero-order chi connectivity index (χ0) is 22.7. The number of aryl methyl sites for hydroxylation is 4. The molecule has 0 bridgehead atoms. The first kappa shape index (κ1) is 22.6. The van der Waals surface area contributed by atoms with E-state index < -0.39 is 0 Å². The molecule has 6 nitrogen and oxygen atoms in total. The number of amides is 1. The molecule has 1 aromatic carbocycles. The van der Waals surface area contributed by atoms with Crippen LogP contribution in [0.2, 0.25) is 0 Å². The van der Waals surface area contributed by atoms with Crippen molar-refractivity contribution in [3.05, 3.63) is 63.5 Å². The van der Waals surface area contributed by atoms with Gasteiger partial charge in [0.15, 0.2) is 10.9 Å². The molecule has 8 heteroatoms. The normalized spacial score (nSPS) is 13.0.